The average molecular weight is 238 g/mol. The molecule has 0 saturated heterocycles. The van der Waals surface area contributed by atoms with E-state index in [-0.39, 0.29) is 5.54 Å². The van der Waals surface area contributed by atoms with Gasteiger partial charge in [0.1, 0.15) is 0 Å². The van der Waals surface area contributed by atoms with Crippen LogP contribution in [0.3, 0.4) is 0 Å². The van der Waals surface area contributed by atoms with Gasteiger partial charge in [-0.1, -0.05) is 33.6 Å². The molecular formula is C15H30N2. The summed E-state index contributed by atoms with van der Waals surface area (Å²) in [6.45, 7) is 7.98. The summed E-state index contributed by atoms with van der Waals surface area (Å²) >= 11 is 0. The summed E-state index contributed by atoms with van der Waals surface area (Å²) in [6.07, 6.45) is 9.32. The second kappa shape index (κ2) is 4.89. The van der Waals surface area contributed by atoms with E-state index in [9.17, 15) is 0 Å². The Labute approximate surface area is 107 Å². The Morgan fingerprint density at radius 2 is 1.94 bits per heavy atom. The lowest BCUT2D eigenvalue weighted by Gasteiger charge is -2.42. The first kappa shape index (κ1) is 13.4. The fraction of sp³-hybridized carbons (Fsp3) is 1.00. The van der Waals surface area contributed by atoms with Gasteiger partial charge in [0.2, 0.25) is 0 Å². The number of hydrogen-bond acceptors (Lipinski definition) is 2. The van der Waals surface area contributed by atoms with Crippen molar-refractivity contribution in [3.05, 3.63) is 0 Å². The topological polar surface area (TPSA) is 38.0 Å². The van der Waals surface area contributed by atoms with Crippen molar-refractivity contribution < 1.29 is 0 Å². The van der Waals surface area contributed by atoms with Gasteiger partial charge < -0.3 is 11.1 Å². The van der Waals surface area contributed by atoms with Gasteiger partial charge in [0.25, 0.3) is 0 Å². The molecule has 0 radical (unpaired) electrons. The maximum atomic E-state index is 6.08. The zero-order valence-corrected chi connectivity index (χ0v) is 11.9. The van der Waals surface area contributed by atoms with Crippen molar-refractivity contribution in [2.24, 2.45) is 17.1 Å². The van der Waals surface area contributed by atoms with Gasteiger partial charge in [-0.25, -0.2) is 0 Å². The highest BCUT2D eigenvalue weighted by Crippen LogP contribution is 2.39. The third kappa shape index (κ3) is 3.23. The van der Waals surface area contributed by atoms with Crippen LogP contribution in [-0.4, -0.2) is 18.1 Å². The van der Waals surface area contributed by atoms with Gasteiger partial charge in [-0.3, -0.25) is 0 Å². The molecule has 0 aromatic heterocycles. The summed E-state index contributed by atoms with van der Waals surface area (Å²) in [5, 5.41) is 3.94. The lowest BCUT2D eigenvalue weighted by Crippen LogP contribution is -2.56. The van der Waals surface area contributed by atoms with Gasteiger partial charge in [0.15, 0.2) is 0 Å². The van der Waals surface area contributed by atoms with Gasteiger partial charge >= 0.3 is 0 Å². The van der Waals surface area contributed by atoms with Crippen LogP contribution < -0.4 is 11.1 Å². The Morgan fingerprint density at radius 3 is 2.47 bits per heavy atom. The smallest absolute Gasteiger partial charge is 0.0308 e. The van der Waals surface area contributed by atoms with Crippen LogP contribution in [0.15, 0.2) is 0 Å². The van der Waals surface area contributed by atoms with E-state index < -0.39 is 0 Å². The fourth-order valence-corrected chi connectivity index (χ4v) is 4.03. The van der Waals surface area contributed by atoms with Crippen molar-refractivity contribution in [3.8, 4) is 0 Å². The molecule has 0 amide bonds. The van der Waals surface area contributed by atoms with Crippen LogP contribution in [0.5, 0.6) is 0 Å². The highest BCUT2D eigenvalue weighted by atomic mass is 15.0. The predicted molar refractivity (Wildman–Crippen MR) is 74.0 cm³/mol. The first-order valence-corrected chi connectivity index (χ1v) is 7.43. The van der Waals surface area contributed by atoms with Crippen molar-refractivity contribution in [2.45, 2.75) is 77.3 Å². The Morgan fingerprint density at radius 1 is 1.18 bits per heavy atom. The Hall–Kier alpha value is -0.0800. The summed E-state index contributed by atoms with van der Waals surface area (Å²) in [4.78, 5) is 0. The van der Waals surface area contributed by atoms with Crippen LogP contribution in [0.1, 0.15) is 65.7 Å². The summed E-state index contributed by atoms with van der Waals surface area (Å²) in [6, 6.07) is 0.707. The van der Waals surface area contributed by atoms with Crippen LogP contribution in [0.4, 0.5) is 0 Å². The SMILES string of the molecule is CC1CCCC(CN)(NC2CCC(C)(C)C2)C1. The van der Waals surface area contributed by atoms with E-state index in [2.05, 4.69) is 26.1 Å². The van der Waals surface area contributed by atoms with Gasteiger partial charge in [0.05, 0.1) is 0 Å². The number of hydrogen-bond donors (Lipinski definition) is 2. The largest absolute Gasteiger partial charge is 0.329 e. The van der Waals surface area contributed by atoms with E-state index in [4.69, 9.17) is 5.73 Å². The first-order valence-electron chi connectivity index (χ1n) is 7.43. The lowest BCUT2D eigenvalue weighted by atomic mass is 9.76. The van der Waals surface area contributed by atoms with E-state index in [1.807, 2.05) is 0 Å². The minimum Gasteiger partial charge on any atom is -0.329 e. The van der Waals surface area contributed by atoms with Crippen LogP contribution >= 0.6 is 0 Å². The molecule has 100 valence electrons. The summed E-state index contributed by atoms with van der Waals surface area (Å²) in [7, 11) is 0. The Bertz CT molecular complexity index is 262. The minimum absolute atomic E-state index is 0.253. The number of rotatable bonds is 3. The van der Waals surface area contributed by atoms with Gasteiger partial charge in [0, 0.05) is 18.1 Å². The standard InChI is InChI=1S/C15H30N2/c1-12-5-4-7-15(9-12,11-16)17-13-6-8-14(2,3)10-13/h12-13,17H,4-11,16H2,1-3H3. The van der Waals surface area contributed by atoms with Crippen molar-refractivity contribution in [2.75, 3.05) is 6.54 Å². The molecule has 3 N–H and O–H groups in total. The molecule has 0 heterocycles. The van der Waals surface area contributed by atoms with Gasteiger partial charge in [-0.15, -0.1) is 0 Å². The second-order valence-electron chi connectivity index (χ2n) is 7.43. The maximum Gasteiger partial charge on any atom is 0.0308 e. The zero-order valence-electron chi connectivity index (χ0n) is 11.9. The summed E-state index contributed by atoms with van der Waals surface area (Å²) < 4.78 is 0. The molecule has 2 aliphatic rings. The van der Waals surface area contributed by atoms with Crippen molar-refractivity contribution in [3.63, 3.8) is 0 Å². The summed E-state index contributed by atoms with van der Waals surface area (Å²) in [5.74, 6) is 0.842. The van der Waals surface area contributed by atoms with E-state index in [0.29, 0.717) is 11.5 Å². The first-order chi connectivity index (χ1) is 7.95. The van der Waals surface area contributed by atoms with Crippen molar-refractivity contribution >= 4 is 0 Å². The molecule has 0 aliphatic heterocycles. The molecule has 2 aliphatic carbocycles. The molecule has 17 heavy (non-hydrogen) atoms. The molecule has 2 rings (SSSR count). The van der Waals surface area contributed by atoms with Crippen molar-refractivity contribution in [1.82, 2.24) is 5.32 Å². The number of nitrogens with one attached hydrogen (secondary N) is 1. The molecule has 0 aromatic rings. The molecule has 3 atom stereocenters. The molecule has 2 fully saturated rings. The molecule has 3 unspecified atom stereocenters. The van der Waals surface area contributed by atoms with E-state index in [1.165, 1.54) is 44.9 Å². The summed E-state index contributed by atoms with van der Waals surface area (Å²) in [5.41, 5.74) is 6.87. The Balaban J connectivity index is 1.95. The Kier molecular flexibility index (Phi) is 3.84. The maximum absolute atomic E-state index is 6.08. The molecule has 0 aromatic carbocycles. The van der Waals surface area contributed by atoms with E-state index >= 15 is 0 Å². The van der Waals surface area contributed by atoms with E-state index in [0.717, 1.165) is 12.5 Å². The monoisotopic (exact) mass is 238 g/mol. The third-order valence-corrected chi connectivity index (χ3v) is 4.96. The average Bonchev–Trinajstić information content (AvgIpc) is 2.58. The predicted octanol–water partition coefficient (Wildman–Crippen LogP) is 3.06. The van der Waals surface area contributed by atoms with Crippen LogP contribution in [0, 0.1) is 11.3 Å². The van der Waals surface area contributed by atoms with Crippen LogP contribution in [-0.2, 0) is 0 Å². The fourth-order valence-electron chi connectivity index (χ4n) is 4.03. The number of nitrogens with two attached hydrogens (primary N) is 1. The van der Waals surface area contributed by atoms with Gasteiger partial charge in [-0.2, -0.15) is 0 Å². The lowest BCUT2D eigenvalue weighted by molar-refractivity contribution is 0.172. The normalized spacial score (nSPS) is 41.6. The zero-order chi connectivity index (χ0) is 12.5. The second-order valence-corrected chi connectivity index (χ2v) is 7.43. The molecule has 2 nitrogen and oxygen atoms in total. The molecule has 2 heteroatoms. The van der Waals surface area contributed by atoms with Gasteiger partial charge in [-0.05, 0) is 43.4 Å². The molecular weight excluding hydrogens is 208 g/mol. The molecule has 0 bridgehead atoms. The van der Waals surface area contributed by atoms with Crippen LogP contribution in [0.2, 0.25) is 0 Å². The molecule has 0 spiro atoms. The van der Waals surface area contributed by atoms with E-state index in [1.54, 1.807) is 0 Å². The third-order valence-electron chi connectivity index (χ3n) is 4.96. The minimum atomic E-state index is 0.253. The van der Waals surface area contributed by atoms with Crippen molar-refractivity contribution in [1.29, 1.82) is 0 Å². The highest BCUT2D eigenvalue weighted by Gasteiger charge is 2.39. The molecule has 2 saturated carbocycles. The highest BCUT2D eigenvalue weighted by molar-refractivity contribution is 4.98. The quantitative estimate of drug-likeness (QED) is 0.793. The van der Waals surface area contributed by atoms with Crippen LogP contribution in [0.25, 0.3) is 0 Å².